The molecule has 0 spiro atoms. The van der Waals surface area contributed by atoms with E-state index in [1.54, 1.807) is 18.3 Å². The molecule has 1 aliphatic heterocycles. The summed E-state index contributed by atoms with van der Waals surface area (Å²) in [6.45, 7) is 1.39. The predicted octanol–water partition coefficient (Wildman–Crippen LogP) is 4.00. The van der Waals surface area contributed by atoms with E-state index in [-0.39, 0.29) is 22.4 Å². The molecule has 2 aromatic carbocycles. The van der Waals surface area contributed by atoms with Crippen LogP contribution in [0, 0.1) is 16.0 Å². The quantitative estimate of drug-likeness (QED) is 0.549. The molecule has 1 N–H and O–H groups in total. The van der Waals surface area contributed by atoms with E-state index < -0.39 is 0 Å². The van der Waals surface area contributed by atoms with Gasteiger partial charge in [0, 0.05) is 48.3 Å². The summed E-state index contributed by atoms with van der Waals surface area (Å²) in [5.41, 5.74) is 1.74. The number of piperidine rings is 1. The number of hydrogen-bond acceptors (Lipinski definition) is 5. The van der Waals surface area contributed by atoms with Crippen LogP contribution in [0.2, 0.25) is 0 Å². The van der Waals surface area contributed by atoms with Crippen LogP contribution in [0.15, 0.2) is 60.9 Å². The summed E-state index contributed by atoms with van der Waals surface area (Å²) in [6, 6.07) is 14.5. The fourth-order valence-corrected chi connectivity index (χ4v) is 3.77. The number of nitro benzene ring substituents is 1. The maximum absolute atomic E-state index is 12.7. The second-order valence-electron chi connectivity index (χ2n) is 6.92. The van der Waals surface area contributed by atoms with Crippen LogP contribution in [0.5, 0.6) is 0 Å². The van der Waals surface area contributed by atoms with Gasteiger partial charge in [0.15, 0.2) is 0 Å². The van der Waals surface area contributed by atoms with Crippen LogP contribution in [0.25, 0.3) is 10.8 Å². The Hall–Kier alpha value is -3.48. The maximum Gasteiger partial charge on any atom is 0.278 e. The van der Waals surface area contributed by atoms with Crippen molar-refractivity contribution in [3.05, 3.63) is 71.0 Å². The topological polar surface area (TPSA) is 88.4 Å². The lowest BCUT2D eigenvalue weighted by Crippen LogP contribution is -2.40. The van der Waals surface area contributed by atoms with Gasteiger partial charge in [-0.25, -0.2) is 0 Å². The molecule has 1 amide bonds. The molecule has 0 saturated carbocycles. The Kier molecular flexibility index (Phi) is 4.89. The molecule has 7 heteroatoms. The first-order valence-corrected chi connectivity index (χ1v) is 9.25. The number of non-ortho nitro benzene ring substituents is 1. The normalized spacial score (nSPS) is 16.7. The molecule has 3 aromatic rings. The zero-order chi connectivity index (χ0) is 19.5. The zero-order valence-electron chi connectivity index (χ0n) is 15.2. The number of fused-ring (bicyclic) bond motifs is 1. The van der Waals surface area contributed by atoms with E-state index in [0.717, 1.165) is 36.1 Å². The third-order valence-corrected chi connectivity index (χ3v) is 5.14. The largest absolute Gasteiger partial charge is 0.370 e. The van der Waals surface area contributed by atoms with Gasteiger partial charge in [0.1, 0.15) is 0 Å². The van der Waals surface area contributed by atoms with Crippen LogP contribution in [0.4, 0.5) is 17.1 Å². The Morgan fingerprint density at radius 3 is 2.75 bits per heavy atom. The summed E-state index contributed by atoms with van der Waals surface area (Å²) >= 11 is 0. The lowest BCUT2D eigenvalue weighted by Gasteiger charge is -2.34. The second kappa shape index (κ2) is 7.64. The van der Waals surface area contributed by atoms with Gasteiger partial charge in [-0.15, -0.1) is 0 Å². The molecular formula is C21H20N4O3. The third kappa shape index (κ3) is 3.51. The molecule has 1 aliphatic rings. The summed E-state index contributed by atoms with van der Waals surface area (Å²) in [5, 5.41) is 15.6. The Morgan fingerprint density at radius 2 is 1.96 bits per heavy atom. The molecule has 2 heterocycles. The zero-order valence-corrected chi connectivity index (χ0v) is 15.2. The summed E-state index contributed by atoms with van der Waals surface area (Å²) in [7, 11) is 0. The van der Waals surface area contributed by atoms with E-state index in [4.69, 9.17) is 0 Å². The number of pyridine rings is 1. The van der Waals surface area contributed by atoms with Crippen molar-refractivity contribution in [2.75, 3.05) is 23.3 Å². The molecule has 1 fully saturated rings. The highest BCUT2D eigenvalue weighted by Gasteiger charge is 2.27. The van der Waals surface area contributed by atoms with Gasteiger partial charge in [0.2, 0.25) is 5.91 Å². The standard InChI is InChI=1S/C21H20N4O3/c26-21(23-16-6-2-1-3-7-16)15-5-4-12-24(14-15)19-8-9-20(25(27)28)18-13-22-11-10-17(18)19/h1-3,6-11,13,15H,4-5,12,14H2,(H,23,26). The van der Waals surface area contributed by atoms with Crippen LogP contribution < -0.4 is 10.2 Å². The fraction of sp³-hybridized carbons (Fsp3) is 0.238. The van der Waals surface area contributed by atoms with E-state index in [1.807, 2.05) is 30.3 Å². The number of benzene rings is 2. The maximum atomic E-state index is 12.7. The second-order valence-corrected chi connectivity index (χ2v) is 6.92. The lowest BCUT2D eigenvalue weighted by atomic mass is 9.95. The molecule has 142 valence electrons. The van der Waals surface area contributed by atoms with E-state index in [1.165, 1.54) is 12.3 Å². The van der Waals surface area contributed by atoms with E-state index in [9.17, 15) is 14.9 Å². The van der Waals surface area contributed by atoms with Gasteiger partial charge < -0.3 is 10.2 Å². The average molecular weight is 376 g/mol. The van der Waals surface area contributed by atoms with Gasteiger partial charge in [-0.05, 0) is 37.1 Å². The molecule has 0 bridgehead atoms. The molecular weight excluding hydrogens is 356 g/mol. The smallest absolute Gasteiger partial charge is 0.278 e. The lowest BCUT2D eigenvalue weighted by molar-refractivity contribution is -0.383. The van der Waals surface area contributed by atoms with Crippen molar-refractivity contribution >= 4 is 33.7 Å². The van der Waals surface area contributed by atoms with Gasteiger partial charge in [-0.1, -0.05) is 18.2 Å². The number of hydrogen-bond donors (Lipinski definition) is 1. The summed E-state index contributed by atoms with van der Waals surface area (Å²) in [4.78, 5) is 29.8. The molecule has 1 saturated heterocycles. The summed E-state index contributed by atoms with van der Waals surface area (Å²) < 4.78 is 0. The van der Waals surface area contributed by atoms with Crippen LogP contribution in [-0.2, 0) is 4.79 Å². The van der Waals surface area contributed by atoms with Crippen molar-refractivity contribution in [3.8, 4) is 0 Å². The average Bonchev–Trinajstić information content (AvgIpc) is 2.73. The van der Waals surface area contributed by atoms with Gasteiger partial charge in [-0.2, -0.15) is 0 Å². The highest BCUT2D eigenvalue weighted by atomic mass is 16.6. The molecule has 0 radical (unpaired) electrons. The van der Waals surface area contributed by atoms with E-state index in [0.29, 0.717) is 11.9 Å². The van der Waals surface area contributed by atoms with Gasteiger partial charge in [-0.3, -0.25) is 19.9 Å². The van der Waals surface area contributed by atoms with Crippen LogP contribution >= 0.6 is 0 Å². The van der Waals surface area contributed by atoms with Crippen molar-refractivity contribution in [3.63, 3.8) is 0 Å². The number of amides is 1. The van der Waals surface area contributed by atoms with E-state index in [2.05, 4.69) is 15.2 Å². The molecule has 4 rings (SSSR count). The molecule has 28 heavy (non-hydrogen) atoms. The van der Waals surface area contributed by atoms with Gasteiger partial charge in [0.25, 0.3) is 5.69 Å². The monoisotopic (exact) mass is 376 g/mol. The molecule has 1 aromatic heterocycles. The molecule has 1 unspecified atom stereocenters. The predicted molar refractivity (Wildman–Crippen MR) is 108 cm³/mol. The number of carbonyl (C=O) groups is 1. The summed E-state index contributed by atoms with van der Waals surface area (Å²) in [6.07, 6.45) is 4.87. The Labute approximate surface area is 162 Å². The van der Waals surface area contributed by atoms with Crippen molar-refractivity contribution in [2.45, 2.75) is 12.8 Å². The van der Waals surface area contributed by atoms with Crippen molar-refractivity contribution in [1.29, 1.82) is 0 Å². The highest BCUT2D eigenvalue weighted by Crippen LogP contribution is 2.35. The fourth-order valence-electron chi connectivity index (χ4n) is 3.77. The molecule has 7 nitrogen and oxygen atoms in total. The Balaban J connectivity index is 1.59. The van der Waals surface area contributed by atoms with Crippen LogP contribution in [-0.4, -0.2) is 28.9 Å². The van der Waals surface area contributed by atoms with Crippen molar-refractivity contribution < 1.29 is 9.72 Å². The minimum atomic E-state index is -0.389. The first-order valence-electron chi connectivity index (χ1n) is 9.25. The van der Waals surface area contributed by atoms with Crippen LogP contribution in [0.1, 0.15) is 12.8 Å². The number of aromatic nitrogens is 1. The number of anilines is 2. The number of nitrogens with one attached hydrogen (secondary N) is 1. The SMILES string of the molecule is O=C(Nc1ccccc1)C1CCCN(c2ccc([N+](=O)[O-])c3cnccc23)C1. The van der Waals surface area contributed by atoms with Gasteiger partial charge >= 0.3 is 0 Å². The number of carbonyl (C=O) groups excluding carboxylic acids is 1. The molecule has 0 aliphatic carbocycles. The summed E-state index contributed by atoms with van der Waals surface area (Å²) in [5.74, 6) is -0.134. The minimum Gasteiger partial charge on any atom is -0.370 e. The van der Waals surface area contributed by atoms with E-state index >= 15 is 0 Å². The van der Waals surface area contributed by atoms with Crippen molar-refractivity contribution in [2.24, 2.45) is 5.92 Å². The number of rotatable bonds is 4. The minimum absolute atomic E-state index is 0.00350. The highest BCUT2D eigenvalue weighted by molar-refractivity contribution is 6.00. The Morgan fingerprint density at radius 1 is 1.14 bits per heavy atom. The number of nitrogens with zero attached hydrogens (tertiary/aromatic N) is 3. The van der Waals surface area contributed by atoms with Crippen molar-refractivity contribution in [1.82, 2.24) is 4.98 Å². The molecule has 1 atom stereocenters. The first-order chi connectivity index (χ1) is 13.6. The first kappa shape index (κ1) is 17.9. The number of para-hydroxylation sites is 1. The number of nitro groups is 1. The van der Waals surface area contributed by atoms with Gasteiger partial charge in [0.05, 0.1) is 16.2 Å². The Bertz CT molecular complexity index is 1020. The van der Waals surface area contributed by atoms with Crippen LogP contribution in [0.3, 0.4) is 0 Å². The third-order valence-electron chi connectivity index (χ3n) is 5.14.